The van der Waals surface area contributed by atoms with Gasteiger partial charge in [0.25, 0.3) is 0 Å². The third-order valence-corrected chi connectivity index (χ3v) is 4.25. The van der Waals surface area contributed by atoms with Crippen molar-refractivity contribution in [2.75, 3.05) is 13.7 Å². The molecule has 1 aromatic heterocycles. The zero-order chi connectivity index (χ0) is 15.5. The minimum Gasteiger partial charge on any atom is -0.392 e. The van der Waals surface area contributed by atoms with Gasteiger partial charge in [0, 0.05) is 26.7 Å². The lowest BCUT2D eigenvalue weighted by atomic mass is 10.1. The molecule has 1 N–H and O–H groups in total. The van der Waals surface area contributed by atoms with Crippen molar-refractivity contribution in [3.63, 3.8) is 0 Å². The summed E-state index contributed by atoms with van der Waals surface area (Å²) < 4.78 is 7.34. The van der Waals surface area contributed by atoms with Gasteiger partial charge in [-0.15, -0.1) is 10.2 Å². The summed E-state index contributed by atoms with van der Waals surface area (Å²) in [5.41, 5.74) is 2.19. The average molecular weight is 302 g/mol. The fourth-order valence-corrected chi connectivity index (χ4v) is 2.92. The molecule has 0 spiro atoms. The van der Waals surface area contributed by atoms with E-state index in [9.17, 15) is 0 Å². The lowest BCUT2D eigenvalue weighted by Crippen LogP contribution is -2.37. The molecule has 1 aliphatic rings. The van der Waals surface area contributed by atoms with E-state index < -0.39 is 0 Å². The number of rotatable bonds is 5. The maximum atomic E-state index is 9.11. The molecule has 1 aromatic carbocycles. The van der Waals surface area contributed by atoms with Crippen LogP contribution in [-0.4, -0.2) is 38.4 Å². The molecule has 0 saturated carbocycles. The van der Waals surface area contributed by atoms with Crippen molar-refractivity contribution in [3.05, 3.63) is 47.0 Å². The Morgan fingerprint density at radius 3 is 2.59 bits per heavy atom. The Morgan fingerprint density at radius 1 is 1.18 bits per heavy atom. The van der Waals surface area contributed by atoms with Gasteiger partial charge in [0.05, 0.1) is 12.6 Å². The molecule has 0 fully saturated rings. The van der Waals surface area contributed by atoms with Gasteiger partial charge in [0.15, 0.2) is 5.82 Å². The maximum Gasteiger partial charge on any atom is 0.159 e. The first-order chi connectivity index (χ1) is 10.7. The highest BCUT2D eigenvalue weighted by Gasteiger charge is 2.27. The summed E-state index contributed by atoms with van der Waals surface area (Å²) in [7, 11) is 1.68. The summed E-state index contributed by atoms with van der Waals surface area (Å²) in [6.07, 6.45) is 0. The first-order valence-corrected chi connectivity index (χ1v) is 7.56. The Kier molecular flexibility index (Phi) is 4.52. The van der Waals surface area contributed by atoms with Gasteiger partial charge in [0.2, 0.25) is 0 Å². The lowest BCUT2D eigenvalue weighted by Gasteiger charge is -2.33. The van der Waals surface area contributed by atoms with Gasteiger partial charge < -0.3 is 14.4 Å². The molecular formula is C16H22N4O2. The van der Waals surface area contributed by atoms with Crippen molar-refractivity contribution in [3.8, 4) is 0 Å². The first kappa shape index (κ1) is 15.1. The third kappa shape index (κ3) is 2.90. The van der Waals surface area contributed by atoms with Gasteiger partial charge in [-0.1, -0.05) is 24.3 Å². The van der Waals surface area contributed by atoms with E-state index in [4.69, 9.17) is 9.84 Å². The predicted octanol–water partition coefficient (Wildman–Crippen LogP) is 1.49. The van der Waals surface area contributed by atoms with Crippen LogP contribution in [0, 0.1) is 0 Å². The largest absolute Gasteiger partial charge is 0.392 e. The van der Waals surface area contributed by atoms with Gasteiger partial charge >= 0.3 is 0 Å². The number of nitrogens with zero attached hydrogens (tertiary/aromatic N) is 4. The quantitative estimate of drug-likeness (QED) is 0.906. The number of aliphatic hydroxyl groups is 1. The Morgan fingerprint density at radius 2 is 1.91 bits per heavy atom. The van der Waals surface area contributed by atoms with Crippen molar-refractivity contribution in [1.82, 2.24) is 19.7 Å². The molecule has 118 valence electrons. The van der Waals surface area contributed by atoms with E-state index in [1.807, 2.05) is 12.1 Å². The molecule has 0 amide bonds. The third-order valence-electron chi connectivity index (χ3n) is 4.25. The fourth-order valence-electron chi connectivity index (χ4n) is 2.92. The van der Waals surface area contributed by atoms with Crippen molar-refractivity contribution in [2.24, 2.45) is 0 Å². The molecule has 0 radical (unpaired) electrons. The van der Waals surface area contributed by atoms with E-state index in [1.165, 1.54) is 5.56 Å². The van der Waals surface area contributed by atoms with Gasteiger partial charge in [-0.2, -0.15) is 0 Å². The minimum absolute atomic E-state index is 0.0891. The summed E-state index contributed by atoms with van der Waals surface area (Å²) in [5.74, 6) is 1.90. The van der Waals surface area contributed by atoms with Crippen molar-refractivity contribution < 1.29 is 9.84 Å². The van der Waals surface area contributed by atoms with Crippen molar-refractivity contribution in [2.45, 2.75) is 39.3 Å². The standard InChI is InChI=1S/C16H22N4O2/c1-12-16-18-17-15(11-22-2)20(16)8-7-19(12)9-13-3-5-14(10-21)6-4-13/h3-6,12,21H,7-11H2,1-2H3/t12-/m1/s1. The smallest absolute Gasteiger partial charge is 0.159 e. The number of benzene rings is 1. The minimum atomic E-state index is 0.0891. The van der Waals surface area contributed by atoms with E-state index in [2.05, 4.69) is 38.7 Å². The molecule has 0 aliphatic carbocycles. The predicted molar refractivity (Wildman–Crippen MR) is 81.9 cm³/mol. The molecule has 0 bridgehead atoms. The maximum absolute atomic E-state index is 9.11. The Bertz CT molecular complexity index is 624. The van der Waals surface area contributed by atoms with Crippen LogP contribution in [0.25, 0.3) is 0 Å². The number of fused-ring (bicyclic) bond motifs is 1. The average Bonchev–Trinajstić information content (AvgIpc) is 2.95. The first-order valence-electron chi connectivity index (χ1n) is 7.56. The number of hydrogen-bond acceptors (Lipinski definition) is 5. The molecule has 1 aliphatic heterocycles. The second-order valence-corrected chi connectivity index (χ2v) is 5.68. The lowest BCUT2D eigenvalue weighted by molar-refractivity contribution is 0.143. The van der Waals surface area contributed by atoms with Crippen LogP contribution < -0.4 is 0 Å². The monoisotopic (exact) mass is 302 g/mol. The van der Waals surface area contributed by atoms with Crippen LogP contribution in [0.4, 0.5) is 0 Å². The highest BCUT2D eigenvalue weighted by molar-refractivity contribution is 5.22. The van der Waals surface area contributed by atoms with Crippen LogP contribution in [0.15, 0.2) is 24.3 Å². The van der Waals surface area contributed by atoms with E-state index >= 15 is 0 Å². The van der Waals surface area contributed by atoms with Gasteiger partial charge in [0.1, 0.15) is 12.4 Å². The van der Waals surface area contributed by atoms with E-state index in [-0.39, 0.29) is 12.6 Å². The summed E-state index contributed by atoms with van der Waals surface area (Å²) in [5, 5.41) is 17.7. The molecule has 2 heterocycles. The molecule has 22 heavy (non-hydrogen) atoms. The number of aliphatic hydroxyl groups excluding tert-OH is 1. The molecule has 2 aromatic rings. The summed E-state index contributed by atoms with van der Waals surface area (Å²) >= 11 is 0. The molecule has 0 unspecified atom stereocenters. The van der Waals surface area contributed by atoms with Crippen molar-refractivity contribution in [1.29, 1.82) is 0 Å². The Labute approximate surface area is 130 Å². The van der Waals surface area contributed by atoms with Crippen LogP contribution in [0.1, 0.15) is 35.7 Å². The second-order valence-electron chi connectivity index (χ2n) is 5.68. The van der Waals surface area contributed by atoms with E-state index in [0.29, 0.717) is 6.61 Å². The highest BCUT2D eigenvalue weighted by atomic mass is 16.5. The molecule has 1 atom stereocenters. The van der Waals surface area contributed by atoms with Gasteiger partial charge in [-0.25, -0.2) is 0 Å². The van der Waals surface area contributed by atoms with Gasteiger partial charge in [-0.05, 0) is 18.1 Å². The SMILES string of the molecule is COCc1nnc2n1CCN(Cc1ccc(CO)cc1)[C@@H]2C. The summed E-state index contributed by atoms with van der Waals surface area (Å²) in [6, 6.07) is 8.33. The van der Waals surface area contributed by atoms with Crippen molar-refractivity contribution >= 4 is 0 Å². The Balaban J connectivity index is 1.73. The van der Waals surface area contributed by atoms with E-state index in [0.717, 1.165) is 36.8 Å². The molecule has 6 nitrogen and oxygen atoms in total. The topological polar surface area (TPSA) is 63.4 Å². The summed E-state index contributed by atoms with van der Waals surface area (Å²) in [4.78, 5) is 2.40. The molecule has 3 rings (SSSR count). The molecule has 6 heteroatoms. The second kappa shape index (κ2) is 6.56. The van der Waals surface area contributed by atoms with Gasteiger partial charge in [-0.3, -0.25) is 4.90 Å². The van der Waals surface area contributed by atoms with Crippen LogP contribution in [0.2, 0.25) is 0 Å². The normalized spacial score (nSPS) is 18.4. The zero-order valence-electron chi connectivity index (χ0n) is 13.1. The van der Waals surface area contributed by atoms with E-state index in [1.54, 1.807) is 7.11 Å². The highest BCUT2D eigenvalue weighted by Crippen LogP contribution is 2.26. The van der Waals surface area contributed by atoms with Crippen LogP contribution in [0.5, 0.6) is 0 Å². The number of ether oxygens (including phenoxy) is 1. The number of methoxy groups -OCH3 is 1. The van der Waals surface area contributed by atoms with Crippen LogP contribution >= 0.6 is 0 Å². The fraction of sp³-hybridized carbons (Fsp3) is 0.500. The Hall–Kier alpha value is -1.76. The molecule has 0 saturated heterocycles. The van der Waals surface area contributed by atoms with Crippen LogP contribution in [-0.2, 0) is 31.0 Å². The molecular weight excluding hydrogens is 280 g/mol. The number of aromatic nitrogens is 3. The zero-order valence-corrected chi connectivity index (χ0v) is 13.1. The summed E-state index contributed by atoms with van der Waals surface area (Å²) in [6.45, 7) is 5.48. The number of hydrogen-bond donors (Lipinski definition) is 1. The van der Waals surface area contributed by atoms with Crippen LogP contribution in [0.3, 0.4) is 0 Å².